The minimum Gasteiger partial charge on any atom is -0.497 e. The lowest BCUT2D eigenvalue weighted by Crippen LogP contribution is -2.64. The SMILES string of the molecule is COc1ccc(S(=O)(=O)N2CCC3(CC2)CN(C(=O)C(C)(C)c2ccccc2OC)C3)cc1. The van der Waals surface area contributed by atoms with Crippen LogP contribution in [0.5, 0.6) is 11.5 Å². The number of likely N-dealkylation sites (tertiary alicyclic amines) is 1. The van der Waals surface area contributed by atoms with Crippen LogP contribution in [0.1, 0.15) is 32.3 Å². The van der Waals surface area contributed by atoms with Gasteiger partial charge in [-0.3, -0.25) is 4.79 Å². The Morgan fingerprint density at radius 2 is 1.55 bits per heavy atom. The maximum atomic E-state index is 13.4. The fourth-order valence-corrected chi connectivity index (χ4v) is 6.43. The molecule has 33 heavy (non-hydrogen) atoms. The zero-order valence-electron chi connectivity index (χ0n) is 19.7. The fraction of sp³-hybridized carbons (Fsp3) is 0.480. The van der Waals surface area contributed by atoms with Crippen molar-refractivity contribution >= 4 is 15.9 Å². The van der Waals surface area contributed by atoms with Crippen molar-refractivity contribution in [2.45, 2.75) is 37.0 Å². The van der Waals surface area contributed by atoms with Gasteiger partial charge in [-0.05, 0) is 57.0 Å². The van der Waals surface area contributed by atoms with Crippen molar-refractivity contribution in [3.05, 3.63) is 54.1 Å². The first kappa shape index (κ1) is 23.6. The first-order valence-corrected chi connectivity index (χ1v) is 12.6. The largest absolute Gasteiger partial charge is 0.497 e. The molecule has 0 aliphatic carbocycles. The maximum Gasteiger partial charge on any atom is 0.243 e. The van der Waals surface area contributed by atoms with Crippen LogP contribution < -0.4 is 9.47 Å². The van der Waals surface area contributed by atoms with Gasteiger partial charge in [-0.15, -0.1) is 0 Å². The average Bonchev–Trinajstić information content (AvgIpc) is 2.82. The van der Waals surface area contributed by atoms with E-state index >= 15 is 0 Å². The summed E-state index contributed by atoms with van der Waals surface area (Å²) >= 11 is 0. The first-order valence-electron chi connectivity index (χ1n) is 11.2. The zero-order valence-corrected chi connectivity index (χ0v) is 20.5. The molecule has 0 N–H and O–H groups in total. The van der Waals surface area contributed by atoms with Crippen molar-refractivity contribution in [2.24, 2.45) is 5.41 Å². The van der Waals surface area contributed by atoms with Gasteiger partial charge in [0.2, 0.25) is 15.9 Å². The summed E-state index contributed by atoms with van der Waals surface area (Å²) in [5, 5.41) is 0. The van der Waals surface area contributed by atoms with Crippen molar-refractivity contribution in [1.29, 1.82) is 0 Å². The molecule has 2 fully saturated rings. The van der Waals surface area contributed by atoms with E-state index in [1.54, 1.807) is 42.8 Å². The minimum atomic E-state index is -3.53. The number of carbonyl (C=O) groups excluding carboxylic acids is 1. The third-order valence-electron chi connectivity index (χ3n) is 7.14. The molecule has 2 saturated heterocycles. The smallest absolute Gasteiger partial charge is 0.243 e. The van der Waals surface area contributed by atoms with E-state index < -0.39 is 15.4 Å². The normalized spacial score (nSPS) is 18.6. The lowest BCUT2D eigenvalue weighted by Gasteiger charge is -2.55. The van der Waals surface area contributed by atoms with Gasteiger partial charge < -0.3 is 14.4 Å². The molecule has 0 aromatic heterocycles. The van der Waals surface area contributed by atoms with Gasteiger partial charge in [0, 0.05) is 37.2 Å². The predicted octanol–water partition coefficient (Wildman–Crippen LogP) is 3.29. The number of methoxy groups -OCH3 is 2. The van der Waals surface area contributed by atoms with E-state index in [0.29, 0.717) is 37.7 Å². The standard InChI is InChI=1S/C25H32N2O5S/c1-24(2,21-7-5-6-8-22(21)32-4)23(28)26-17-25(18-26)13-15-27(16-14-25)33(29,30)20-11-9-19(31-3)10-12-20/h5-12H,13-18H2,1-4H3. The number of hydrogen-bond donors (Lipinski definition) is 0. The molecule has 1 amide bonds. The van der Waals surface area contributed by atoms with E-state index in [1.165, 1.54) is 0 Å². The van der Waals surface area contributed by atoms with Crippen molar-refractivity contribution in [3.8, 4) is 11.5 Å². The van der Waals surface area contributed by atoms with Crippen LogP contribution in [-0.2, 0) is 20.2 Å². The Morgan fingerprint density at radius 1 is 0.939 bits per heavy atom. The Morgan fingerprint density at radius 3 is 2.12 bits per heavy atom. The van der Waals surface area contributed by atoms with Crippen LogP contribution in [0.15, 0.2) is 53.4 Å². The summed E-state index contributed by atoms with van der Waals surface area (Å²) < 4.78 is 38.2. The second kappa shape index (κ2) is 8.65. The molecule has 0 saturated carbocycles. The minimum absolute atomic E-state index is 0.00155. The van der Waals surface area contributed by atoms with Gasteiger partial charge >= 0.3 is 0 Å². The van der Waals surface area contributed by atoms with Gasteiger partial charge in [0.1, 0.15) is 11.5 Å². The van der Waals surface area contributed by atoms with Gasteiger partial charge in [-0.1, -0.05) is 18.2 Å². The number of hydrogen-bond acceptors (Lipinski definition) is 5. The average molecular weight is 473 g/mol. The van der Waals surface area contributed by atoms with E-state index in [1.807, 2.05) is 43.0 Å². The van der Waals surface area contributed by atoms with E-state index in [9.17, 15) is 13.2 Å². The number of carbonyl (C=O) groups is 1. The number of ether oxygens (including phenoxy) is 2. The molecule has 7 nitrogen and oxygen atoms in total. The molecule has 4 rings (SSSR count). The van der Waals surface area contributed by atoms with Gasteiger partial charge in [-0.25, -0.2) is 8.42 Å². The number of sulfonamides is 1. The highest BCUT2D eigenvalue weighted by Crippen LogP contribution is 2.44. The van der Waals surface area contributed by atoms with Crippen LogP contribution in [0, 0.1) is 5.41 Å². The highest BCUT2D eigenvalue weighted by Gasteiger charge is 2.50. The van der Waals surface area contributed by atoms with Crippen molar-refractivity contribution in [2.75, 3.05) is 40.4 Å². The number of amides is 1. The van der Waals surface area contributed by atoms with Crippen molar-refractivity contribution in [1.82, 2.24) is 9.21 Å². The second-order valence-electron chi connectivity index (χ2n) is 9.57. The third-order valence-corrected chi connectivity index (χ3v) is 9.05. The lowest BCUT2D eigenvalue weighted by atomic mass is 9.70. The molecule has 178 valence electrons. The molecule has 2 aliphatic rings. The number of rotatable bonds is 6. The number of nitrogens with zero attached hydrogens (tertiary/aromatic N) is 2. The number of para-hydroxylation sites is 1. The molecular formula is C25H32N2O5S. The van der Waals surface area contributed by atoms with E-state index in [-0.39, 0.29) is 16.2 Å². The summed E-state index contributed by atoms with van der Waals surface area (Å²) in [7, 11) is -0.365. The quantitative estimate of drug-likeness (QED) is 0.645. The van der Waals surface area contributed by atoms with Crippen molar-refractivity contribution in [3.63, 3.8) is 0 Å². The fourth-order valence-electron chi connectivity index (χ4n) is 4.99. The summed E-state index contributed by atoms with van der Waals surface area (Å²) in [5.41, 5.74) is 0.171. The summed E-state index contributed by atoms with van der Waals surface area (Å²) in [6.45, 7) is 6.13. The topological polar surface area (TPSA) is 76.2 Å². The Balaban J connectivity index is 1.39. The van der Waals surface area contributed by atoms with Gasteiger partial charge in [0.05, 0.1) is 24.5 Å². The molecule has 0 radical (unpaired) electrons. The zero-order chi connectivity index (χ0) is 23.9. The van der Waals surface area contributed by atoms with Gasteiger partial charge in [-0.2, -0.15) is 4.31 Å². The highest BCUT2D eigenvalue weighted by atomic mass is 32.2. The Labute approximate surface area is 196 Å². The lowest BCUT2D eigenvalue weighted by molar-refractivity contribution is -0.151. The molecular weight excluding hydrogens is 440 g/mol. The van der Waals surface area contributed by atoms with Gasteiger partial charge in [0.15, 0.2) is 0 Å². The van der Waals surface area contributed by atoms with Crippen molar-refractivity contribution < 1.29 is 22.7 Å². The summed E-state index contributed by atoms with van der Waals surface area (Å²) in [6, 6.07) is 14.1. The molecule has 0 atom stereocenters. The van der Waals surface area contributed by atoms with Gasteiger partial charge in [0.25, 0.3) is 0 Å². The molecule has 8 heteroatoms. The number of benzene rings is 2. The molecule has 2 aromatic rings. The van der Waals surface area contributed by atoms with E-state index in [0.717, 1.165) is 18.4 Å². The molecule has 0 bridgehead atoms. The van der Waals surface area contributed by atoms with E-state index in [4.69, 9.17) is 9.47 Å². The van der Waals surface area contributed by atoms with Crippen LogP contribution in [0.4, 0.5) is 0 Å². The Bertz CT molecular complexity index is 1110. The summed E-state index contributed by atoms with van der Waals surface area (Å²) in [4.78, 5) is 15.5. The Hall–Kier alpha value is -2.58. The van der Waals surface area contributed by atoms with Crippen LogP contribution in [-0.4, -0.2) is 63.9 Å². The predicted molar refractivity (Wildman–Crippen MR) is 126 cm³/mol. The highest BCUT2D eigenvalue weighted by molar-refractivity contribution is 7.89. The summed E-state index contributed by atoms with van der Waals surface area (Å²) in [6.07, 6.45) is 1.50. The van der Waals surface area contributed by atoms with Crippen LogP contribution >= 0.6 is 0 Å². The summed E-state index contributed by atoms with van der Waals surface area (Å²) in [5.74, 6) is 1.41. The second-order valence-corrected chi connectivity index (χ2v) is 11.5. The maximum absolute atomic E-state index is 13.4. The van der Waals surface area contributed by atoms with Crippen LogP contribution in [0.3, 0.4) is 0 Å². The molecule has 2 heterocycles. The van der Waals surface area contributed by atoms with Crippen LogP contribution in [0.25, 0.3) is 0 Å². The Kier molecular flexibility index (Phi) is 6.18. The van der Waals surface area contributed by atoms with E-state index in [2.05, 4.69) is 0 Å². The molecule has 2 aliphatic heterocycles. The monoisotopic (exact) mass is 472 g/mol. The molecule has 1 spiro atoms. The number of piperidine rings is 1. The first-order chi connectivity index (χ1) is 15.6. The van der Waals surface area contributed by atoms with Crippen LogP contribution in [0.2, 0.25) is 0 Å². The third kappa shape index (κ3) is 4.22. The molecule has 2 aromatic carbocycles. The molecule has 0 unspecified atom stereocenters.